The van der Waals surface area contributed by atoms with Crippen LogP contribution >= 0.6 is 0 Å². The first-order valence-corrected chi connectivity index (χ1v) is 7.22. The molecule has 1 aromatic carbocycles. The second kappa shape index (κ2) is 5.72. The molecule has 23 heavy (non-hydrogen) atoms. The van der Waals surface area contributed by atoms with Gasteiger partial charge in [-0.05, 0) is 26.0 Å². The Bertz CT molecular complexity index is 889. The Morgan fingerprint density at radius 3 is 2.70 bits per heavy atom. The van der Waals surface area contributed by atoms with Gasteiger partial charge in [-0.15, -0.1) is 0 Å². The van der Waals surface area contributed by atoms with E-state index in [4.69, 9.17) is 18.3 Å². The van der Waals surface area contributed by atoms with E-state index >= 15 is 0 Å². The maximum atomic E-state index is 11.4. The lowest BCUT2D eigenvalue weighted by molar-refractivity contribution is -0.0912. The van der Waals surface area contributed by atoms with Crippen molar-refractivity contribution in [2.45, 2.75) is 25.6 Å². The van der Waals surface area contributed by atoms with Crippen LogP contribution in [-0.4, -0.2) is 30.5 Å². The molecule has 6 nitrogen and oxygen atoms in total. The van der Waals surface area contributed by atoms with Gasteiger partial charge in [-0.25, -0.2) is 4.79 Å². The minimum absolute atomic E-state index is 0.0271. The molecule has 0 fully saturated rings. The number of methoxy groups -OCH3 is 1. The molecule has 0 saturated heterocycles. The van der Waals surface area contributed by atoms with Crippen LogP contribution in [0.15, 0.2) is 44.2 Å². The Kier molecular flexibility index (Phi) is 3.87. The molecule has 3 aromatic rings. The first-order chi connectivity index (χ1) is 10.9. The standard InChI is InChI=1S/C17H18O6/c1-17(2,20-3)14(18)9-22-16-10-4-5-15(19)23-13(10)8-12-11(16)6-7-21-12/h4-8,14,18H,9H2,1-3H3/t14-/m1/s1. The molecule has 0 unspecified atom stereocenters. The van der Waals surface area contributed by atoms with Gasteiger partial charge in [0.1, 0.15) is 29.6 Å². The Balaban J connectivity index is 2.04. The fourth-order valence-electron chi connectivity index (χ4n) is 2.26. The lowest BCUT2D eigenvalue weighted by Gasteiger charge is -2.29. The molecule has 0 amide bonds. The van der Waals surface area contributed by atoms with E-state index in [1.54, 1.807) is 32.0 Å². The van der Waals surface area contributed by atoms with Crippen LogP contribution in [0, 0.1) is 0 Å². The molecular formula is C17H18O6. The summed E-state index contributed by atoms with van der Waals surface area (Å²) in [5.74, 6) is 0.501. The minimum Gasteiger partial charge on any atom is -0.489 e. The normalized spacial score (nSPS) is 13.6. The fraction of sp³-hybridized carbons (Fsp3) is 0.353. The van der Waals surface area contributed by atoms with Gasteiger partial charge < -0.3 is 23.4 Å². The number of benzene rings is 1. The highest BCUT2D eigenvalue weighted by molar-refractivity contribution is 6.01. The van der Waals surface area contributed by atoms with E-state index in [2.05, 4.69) is 0 Å². The molecule has 0 aliphatic rings. The molecule has 0 saturated carbocycles. The molecular weight excluding hydrogens is 300 g/mol. The van der Waals surface area contributed by atoms with Crippen molar-refractivity contribution in [3.8, 4) is 5.75 Å². The summed E-state index contributed by atoms with van der Waals surface area (Å²) < 4.78 is 21.6. The number of aliphatic hydroxyl groups is 1. The highest BCUT2D eigenvalue weighted by Gasteiger charge is 2.28. The summed E-state index contributed by atoms with van der Waals surface area (Å²) in [6.07, 6.45) is 0.699. The number of rotatable bonds is 5. The first kappa shape index (κ1) is 15.6. The summed E-state index contributed by atoms with van der Waals surface area (Å²) in [5.41, 5.74) is -0.278. The molecule has 0 aliphatic heterocycles. The van der Waals surface area contributed by atoms with Crippen molar-refractivity contribution < 1.29 is 23.4 Å². The number of furan rings is 1. The average molecular weight is 318 g/mol. The van der Waals surface area contributed by atoms with Crippen LogP contribution in [0.2, 0.25) is 0 Å². The number of fused-ring (bicyclic) bond motifs is 2. The van der Waals surface area contributed by atoms with Crippen molar-refractivity contribution in [2.24, 2.45) is 0 Å². The monoisotopic (exact) mass is 318 g/mol. The zero-order valence-electron chi connectivity index (χ0n) is 13.2. The van der Waals surface area contributed by atoms with Gasteiger partial charge in [0.15, 0.2) is 0 Å². The third-order valence-electron chi connectivity index (χ3n) is 4.02. The highest BCUT2D eigenvalue weighted by Crippen LogP contribution is 2.35. The first-order valence-electron chi connectivity index (χ1n) is 7.22. The molecule has 6 heteroatoms. The third-order valence-corrected chi connectivity index (χ3v) is 4.02. The summed E-state index contributed by atoms with van der Waals surface area (Å²) >= 11 is 0. The molecule has 3 rings (SSSR count). The number of hydrogen-bond acceptors (Lipinski definition) is 6. The van der Waals surface area contributed by atoms with Crippen LogP contribution in [0.25, 0.3) is 21.9 Å². The van der Waals surface area contributed by atoms with Crippen LogP contribution in [0.3, 0.4) is 0 Å². The Morgan fingerprint density at radius 1 is 1.22 bits per heavy atom. The van der Waals surface area contributed by atoms with Crippen LogP contribution in [0.1, 0.15) is 13.8 Å². The van der Waals surface area contributed by atoms with Crippen molar-refractivity contribution in [3.05, 3.63) is 40.9 Å². The van der Waals surface area contributed by atoms with Crippen molar-refractivity contribution >= 4 is 21.9 Å². The van der Waals surface area contributed by atoms with Crippen molar-refractivity contribution in [1.29, 1.82) is 0 Å². The topological polar surface area (TPSA) is 82.0 Å². The van der Waals surface area contributed by atoms with Gasteiger partial charge in [0.2, 0.25) is 0 Å². The molecule has 1 atom stereocenters. The van der Waals surface area contributed by atoms with Gasteiger partial charge in [-0.3, -0.25) is 0 Å². The van der Waals surface area contributed by atoms with Crippen LogP contribution in [0.4, 0.5) is 0 Å². The Labute approximate surface area is 132 Å². The smallest absolute Gasteiger partial charge is 0.336 e. The molecule has 0 bridgehead atoms. The Hall–Kier alpha value is -2.31. The number of aliphatic hydroxyl groups excluding tert-OH is 1. The van der Waals surface area contributed by atoms with Crippen LogP contribution in [0.5, 0.6) is 5.75 Å². The number of ether oxygens (including phenoxy) is 2. The van der Waals surface area contributed by atoms with E-state index in [1.165, 1.54) is 19.4 Å². The van der Waals surface area contributed by atoms with Crippen molar-refractivity contribution in [3.63, 3.8) is 0 Å². The van der Waals surface area contributed by atoms with Gasteiger partial charge in [-0.2, -0.15) is 0 Å². The van der Waals surface area contributed by atoms with Crippen LogP contribution in [-0.2, 0) is 4.74 Å². The van der Waals surface area contributed by atoms with Gasteiger partial charge in [0.05, 0.1) is 22.6 Å². The lowest BCUT2D eigenvalue weighted by Crippen LogP contribution is -2.42. The summed E-state index contributed by atoms with van der Waals surface area (Å²) in [4.78, 5) is 11.4. The maximum absolute atomic E-state index is 11.4. The van der Waals surface area contributed by atoms with Gasteiger partial charge in [-0.1, -0.05) is 0 Å². The second-order valence-corrected chi connectivity index (χ2v) is 5.84. The van der Waals surface area contributed by atoms with Gasteiger partial charge in [0.25, 0.3) is 0 Å². The van der Waals surface area contributed by atoms with E-state index < -0.39 is 17.3 Å². The molecule has 0 radical (unpaired) electrons. The van der Waals surface area contributed by atoms with E-state index in [-0.39, 0.29) is 6.61 Å². The summed E-state index contributed by atoms with van der Waals surface area (Å²) in [6.45, 7) is 3.58. The molecule has 0 aliphatic carbocycles. The summed E-state index contributed by atoms with van der Waals surface area (Å²) in [5, 5.41) is 11.6. The predicted octanol–water partition coefficient (Wildman–Crippen LogP) is 2.70. The van der Waals surface area contributed by atoms with Crippen molar-refractivity contribution in [1.82, 2.24) is 0 Å². The molecule has 2 aromatic heterocycles. The number of hydrogen-bond donors (Lipinski definition) is 1. The van der Waals surface area contributed by atoms with Crippen molar-refractivity contribution in [2.75, 3.05) is 13.7 Å². The minimum atomic E-state index is -0.833. The third kappa shape index (κ3) is 2.83. The zero-order valence-corrected chi connectivity index (χ0v) is 13.2. The summed E-state index contributed by atoms with van der Waals surface area (Å²) in [6, 6.07) is 6.38. The Morgan fingerprint density at radius 2 is 1.96 bits per heavy atom. The van der Waals surface area contributed by atoms with Gasteiger partial charge >= 0.3 is 5.63 Å². The molecule has 2 heterocycles. The molecule has 0 spiro atoms. The van der Waals surface area contributed by atoms with Gasteiger partial charge in [0, 0.05) is 19.2 Å². The maximum Gasteiger partial charge on any atom is 0.336 e. The molecule has 122 valence electrons. The summed E-state index contributed by atoms with van der Waals surface area (Å²) in [7, 11) is 1.53. The van der Waals surface area contributed by atoms with E-state index in [1.807, 2.05) is 0 Å². The van der Waals surface area contributed by atoms with Crippen LogP contribution < -0.4 is 10.4 Å². The van der Waals surface area contributed by atoms with E-state index in [0.29, 0.717) is 22.3 Å². The average Bonchev–Trinajstić information content (AvgIpc) is 2.98. The largest absolute Gasteiger partial charge is 0.489 e. The fourth-order valence-corrected chi connectivity index (χ4v) is 2.26. The SMILES string of the molecule is COC(C)(C)[C@H](O)COc1c2ccoc2cc2oc(=O)ccc12. The van der Waals surface area contributed by atoms with E-state index in [0.717, 1.165) is 5.39 Å². The lowest BCUT2D eigenvalue weighted by atomic mass is 10.0. The predicted molar refractivity (Wildman–Crippen MR) is 84.8 cm³/mol. The quantitative estimate of drug-likeness (QED) is 0.728. The zero-order chi connectivity index (χ0) is 16.6. The van der Waals surface area contributed by atoms with E-state index in [9.17, 15) is 9.90 Å². The highest BCUT2D eigenvalue weighted by atomic mass is 16.5. The molecule has 1 N–H and O–H groups in total. The second-order valence-electron chi connectivity index (χ2n) is 5.84.